The zero-order chi connectivity index (χ0) is 54.7. The molecule has 32 heteroatoms. The molecule has 390 valence electrons. The van der Waals surface area contributed by atoms with Gasteiger partial charge in [-0.1, -0.05) is 86.4 Å². The highest BCUT2D eigenvalue weighted by Gasteiger charge is 2.42. The minimum absolute atomic E-state index is 0.000783. The quantitative estimate of drug-likeness (QED) is 0.0407. The number of carbonyl (C=O) groups excluding carboxylic acids is 2. The number of ether oxygens (including phenoxy) is 3. The second-order valence-electron chi connectivity index (χ2n) is 14.5. The van der Waals surface area contributed by atoms with Gasteiger partial charge >= 0.3 is 24.3 Å². The Labute approximate surface area is 448 Å². The smallest absolute Gasteiger partial charge is 0.417 e. The average Bonchev–Trinajstić information content (AvgIpc) is 3.85. The number of aromatic nitrogens is 2. The third-order valence-corrected chi connectivity index (χ3v) is 14.9. The maximum absolute atomic E-state index is 13.6. The van der Waals surface area contributed by atoms with E-state index >= 15 is 0 Å². The molecule has 2 atom stereocenters. The maximum atomic E-state index is 13.6. The average molecular weight is 1210 g/mol. The lowest BCUT2D eigenvalue weighted by atomic mass is 10.0. The Balaban J connectivity index is 0.000000221. The molecule has 2 N–H and O–H groups in total. The van der Waals surface area contributed by atoms with Gasteiger partial charge in [0.2, 0.25) is 0 Å². The number of fused-ring (bicyclic) bond motifs is 2. The Hall–Kier alpha value is -5.61. The first kappa shape index (κ1) is 57.7. The number of anilines is 2. The summed E-state index contributed by atoms with van der Waals surface area (Å²) in [5, 5.41) is 4.13. The van der Waals surface area contributed by atoms with Crippen LogP contribution in [0.3, 0.4) is 0 Å². The Morgan fingerprint density at radius 1 is 0.689 bits per heavy atom. The molecule has 2 aliphatic heterocycles. The summed E-state index contributed by atoms with van der Waals surface area (Å²) >= 11 is 40.4. The van der Waals surface area contributed by atoms with Crippen molar-refractivity contribution in [3.05, 3.63) is 172 Å². The van der Waals surface area contributed by atoms with Gasteiger partial charge in [-0.25, -0.2) is 30.7 Å². The van der Waals surface area contributed by atoms with Gasteiger partial charge in [-0.2, -0.15) is 31.9 Å². The molecule has 0 bridgehead atoms. The summed E-state index contributed by atoms with van der Waals surface area (Å²) in [4.78, 5) is 31.6. The number of hydrogen-bond acceptors (Lipinski definition) is 13. The molecule has 2 unspecified atom stereocenters. The van der Waals surface area contributed by atoms with E-state index in [4.69, 9.17) is 89.3 Å². The third kappa shape index (κ3) is 12.6. The number of rotatable bonds is 11. The second kappa shape index (κ2) is 23.1. The van der Waals surface area contributed by atoms with Crippen LogP contribution in [0.4, 0.5) is 37.7 Å². The van der Waals surface area contributed by atoms with Gasteiger partial charge in [-0.3, -0.25) is 14.7 Å². The molecule has 2 aromatic heterocycles. The zero-order valence-corrected chi connectivity index (χ0v) is 43.1. The van der Waals surface area contributed by atoms with Crippen LogP contribution in [0.1, 0.15) is 66.6 Å². The predicted octanol–water partition coefficient (Wildman–Crippen LogP) is 13.8. The first-order chi connectivity index (χ1) is 34.7. The number of benzene rings is 4. The Bertz CT molecular complexity index is 3460. The second-order valence-corrected chi connectivity index (χ2v) is 20.7. The first-order valence-electron chi connectivity index (χ1n) is 19.6. The molecule has 4 aromatic carbocycles. The van der Waals surface area contributed by atoms with Crippen LogP contribution in [0.2, 0.25) is 30.1 Å². The summed E-state index contributed by atoms with van der Waals surface area (Å²) in [6.07, 6.45) is -9.78. The number of hydrogen-bond donors (Lipinski definition) is 2. The lowest BCUT2D eigenvalue weighted by molar-refractivity contribution is -0.138. The number of nitrogens with one attached hydrogen (secondary N) is 2. The van der Waals surface area contributed by atoms with Gasteiger partial charge in [0.15, 0.2) is 12.2 Å². The van der Waals surface area contributed by atoms with Crippen LogP contribution in [-0.2, 0) is 46.6 Å². The van der Waals surface area contributed by atoms with Crippen LogP contribution in [0, 0.1) is 5.53 Å². The van der Waals surface area contributed by atoms with E-state index < -0.39 is 94.2 Å². The fourth-order valence-electron chi connectivity index (χ4n) is 6.89. The SMILES string of the molecule is COCN(c1cc(Cl)cnc1C1OC(=O)c2cccc(Cl)c21)S(=O)(=O)c1ccc(Cl)c(C(F)(F)F)c1.N=NN=NCl.O=C1OC(c2ncc(Cl)cc2NS(=O)(=O)c2ccc(Cl)c(C(F)(F)F)c2)c2c(Cl)cccc21. The number of esters is 2. The van der Waals surface area contributed by atoms with E-state index in [-0.39, 0.29) is 65.1 Å². The number of sulfonamides is 2. The monoisotopic (exact) mass is 1210 g/mol. The molecule has 17 nitrogen and oxygen atoms in total. The van der Waals surface area contributed by atoms with Crippen LogP contribution in [0.25, 0.3) is 0 Å². The highest BCUT2D eigenvalue weighted by Crippen LogP contribution is 2.46. The molecule has 0 fully saturated rings. The van der Waals surface area contributed by atoms with Gasteiger partial charge in [0.1, 0.15) is 18.1 Å². The van der Waals surface area contributed by atoms with Crippen molar-refractivity contribution in [2.24, 2.45) is 15.1 Å². The van der Waals surface area contributed by atoms with Crippen molar-refractivity contribution in [1.82, 2.24) is 9.97 Å². The fraction of sp³-hybridized carbons (Fsp3) is 0.143. The van der Waals surface area contributed by atoms with E-state index in [1.54, 1.807) is 12.1 Å². The summed E-state index contributed by atoms with van der Waals surface area (Å²) in [6.45, 7) is -0.641. The van der Waals surface area contributed by atoms with Crippen molar-refractivity contribution < 1.29 is 67.0 Å². The van der Waals surface area contributed by atoms with Gasteiger partial charge in [0.25, 0.3) is 20.0 Å². The maximum Gasteiger partial charge on any atom is 0.417 e. The van der Waals surface area contributed by atoms with E-state index in [0.717, 1.165) is 24.3 Å². The largest absolute Gasteiger partial charge is 0.447 e. The molecular formula is C42H25Cl7F6N8O9S2. The third-order valence-electron chi connectivity index (χ3n) is 9.99. The molecule has 0 aliphatic carbocycles. The van der Waals surface area contributed by atoms with E-state index in [0.29, 0.717) is 16.4 Å². The molecule has 6 aromatic rings. The molecule has 0 amide bonds. The van der Waals surface area contributed by atoms with E-state index in [2.05, 4.69) is 41.5 Å². The lowest BCUT2D eigenvalue weighted by Crippen LogP contribution is -2.34. The van der Waals surface area contributed by atoms with E-state index in [9.17, 15) is 52.8 Å². The predicted molar refractivity (Wildman–Crippen MR) is 257 cm³/mol. The van der Waals surface area contributed by atoms with Crippen LogP contribution in [0.15, 0.2) is 122 Å². The Kier molecular flexibility index (Phi) is 18.0. The molecule has 8 rings (SSSR count). The summed E-state index contributed by atoms with van der Waals surface area (Å²) in [5.74, 6) is -1.41. The molecule has 0 spiro atoms. The molecule has 0 radical (unpaired) electrons. The van der Waals surface area contributed by atoms with Crippen molar-refractivity contribution in [1.29, 1.82) is 5.53 Å². The van der Waals surface area contributed by atoms with Crippen molar-refractivity contribution in [2.75, 3.05) is 22.9 Å². The van der Waals surface area contributed by atoms with Gasteiger partial charge in [-0.05, 0) is 83.2 Å². The highest BCUT2D eigenvalue weighted by atomic mass is 35.5. The number of cyclic esters (lactones) is 2. The number of carbonyl (C=O) groups is 2. The van der Waals surface area contributed by atoms with Crippen LogP contribution in [0.5, 0.6) is 0 Å². The number of methoxy groups -OCH3 is 1. The lowest BCUT2D eigenvalue weighted by Gasteiger charge is -2.27. The summed E-state index contributed by atoms with van der Waals surface area (Å²) in [6, 6.07) is 15.8. The van der Waals surface area contributed by atoms with E-state index in [1.807, 2.05) is 0 Å². The number of halogens is 13. The van der Waals surface area contributed by atoms with E-state index in [1.165, 1.54) is 55.9 Å². The molecule has 0 saturated carbocycles. The molecular weight excluding hydrogens is 1190 g/mol. The van der Waals surface area contributed by atoms with Gasteiger partial charge < -0.3 is 14.2 Å². The first-order valence-corrected chi connectivity index (χ1v) is 25.1. The number of pyridine rings is 2. The standard InChI is InChI=1S/C22H14Cl3F3N2O5S.C20H10Cl3F3N2O4S.ClHN4/c1-34-10-30(36(32,33)12-5-6-15(24)14(8-12)22(26,27)28)17-7-11(23)9-29-19(17)20-18-13(21(31)35-20)3-2-4-16(18)25;21-9-6-15(28-33(30,31)10-4-5-13(22)12(7-10)20(24,25)26)17(27-8-9)18-16-11(19(29)32-18)2-1-3-14(16)23;1-3-5-4-2/h2-9,20H,10H2,1H3;1-8,18,28H;2H. The minimum atomic E-state index is -4.91. The number of nitrogens with zero attached hydrogens (tertiary/aromatic N) is 6. The topological polar surface area (TPSA) is 232 Å². The van der Waals surface area contributed by atoms with Crippen molar-refractivity contribution in [3.8, 4) is 0 Å². The summed E-state index contributed by atoms with van der Waals surface area (Å²) in [5.41, 5.74) is 3.53. The van der Waals surface area contributed by atoms with Crippen LogP contribution >= 0.6 is 81.4 Å². The normalized spacial score (nSPS) is 15.2. The van der Waals surface area contributed by atoms with Crippen molar-refractivity contribution in [3.63, 3.8) is 0 Å². The Morgan fingerprint density at radius 2 is 1.16 bits per heavy atom. The fourth-order valence-corrected chi connectivity index (χ4v) is 10.7. The van der Waals surface area contributed by atoms with Crippen molar-refractivity contribution in [2.45, 2.75) is 34.4 Å². The van der Waals surface area contributed by atoms with Gasteiger partial charge in [-0.15, -0.1) is 0 Å². The van der Waals surface area contributed by atoms with Crippen LogP contribution < -0.4 is 9.03 Å². The number of alkyl halides is 6. The summed E-state index contributed by atoms with van der Waals surface area (Å²) in [7, 11) is -8.09. The molecule has 2 aliphatic rings. The van der Waals surface area contributed by atoms with Gasteiger partial charge in [0.05, 0.1) is 75.3 Å². The minimum Gasteiger partial charge on any atom is -0.447 e. The highest BCUT2D eigenvalue weighted by molar-refractivity contribution is 7.93. The Morgan fingerprint density at radius 3 is 1.64 bits per heavy atom. The molecule has 0 saturated heterocycles. The summed E-state index contributed by atoms with van der Waals surface area (Å²) < 4.78 is 154. The molecule has 4 heterocycles. The zero-order valence-electron chi connectivity index (χ0n) is 36.2. The van der Waals surface area contributed by atoms with Gasteiger partial charge in [0, 0.05) is 40.7 Å². The van der Waals surface area contributed by atoms with Crippen molar-refractivity contribution >= 4 is 125 Å². The van der Waals surface area contributed by atoms with Crippen LogP contribution in [-0.4, -0.2) is 52.6 Å². The molecule has 74 heavy (non-hydrogen) atoms.